The standard InChI is InChI=1S/C18H17NO2/c1-9-10(2)12(4)17-15(11(9)3)16(18(20)21)13-7-5-6-8-14(13)19-17/h5-8H,1-4H3,(H,20,21). The molecular weight excluding hydrogens is 262 g/mol. The molecule has 106 valence electrons. The lowest BCUT2D eigenvalue weighted by atomic mass is 9.90. The average molecular weight is 279 g/mol. The molecule has 1 heterocycles. The number of benzene rings is 2. The Morgan fingerprint density at radius 2 is 1.57 bits per heavy atom. The van der Waals surface area contributed by atoms with Crippen molar-refractivity contribution in [3.8, 4) is 0 Å². The predicted octanol–water partition coefficient (Wildman–Crippen LogP) is 4.32. The van der Waals surface area contributed by atoms with Gasteiger partial charge >= 0.3 is 5.97 Å². The number of carbonyl (C=O) groups is 1. The van der Waals surface area contributed by atoms with Gasteiger partial charge in [-0.2, -0.15) is 0 Å². The third-order valence-electron chi connectivity index (χ3n) is 4.52. The van der Waals surface area contributed by atoms with E-state index in [9.17, 15) is 9.90 Å². The quantitative estimate of drug-likeness (QED) is 0.675. The summed E-state index contributed by atoms with van der Waals surface area (Å²) in [6, 6.07) is 7.43. The fourth-order valence-corrected chi connectivity index (χ4v) is 3.00. The molecule has 0 bridgehead atoms. The number of aromatic nitrogens is 1. The monoisotopic (exact) mass is 279 g/mol. The first-order chi connectivity index (χ1) is 9.93. The van der Waals surface area contributed by atoms with Gasteiger partial charge < -0.3 is 5.11 Å². The van der Waals surface area contributed by atoms with Gasteiger partial charge in [0.1, 0.15) is 0 Å². The molecule has 3 aromatic rings. The molecule has 3 rings (SSSR count). The number of pyridine rings is 1. The number of para-hydroxylation sites is 1. The third-order valence-corrected chi connectivity index (χ3v) is 4.52. The van der Waals surface area contributed by atoms with Crippen molar-refractivity contribution in [2.75, 3.05) is 0 Å². The van der Waals surface area contributed by atoms with Gasteiger partial charge in [0.25, 0.3) is 0 Å². The van der Waals surface area contributed by atoms with E-state index in [-0.39, 0.29) is 0 Å². The van der Waals surface area contributed by atoms with E-state index < -0.39 is 5.97 Å². The number of nitrogens with zero attached hydrogens (tertiary/aromatic N) is 1. The Hall–Kier alpha value is -2.42. The van der Waals surface area contributed by atoms with E-state index in [1.54, 1.807) is 0 Å². The van der Waals surface area contributed by atoms with E-state index in [1.807, 2.05) is 45.0 Å². The molecule has 0 atom stereocenters. The van der Waals surface area contributed by atoms with E-state index in [1.165, 1.54) is 5.56 Å². The molecule has 0 unspecified atom stereocenters. The van der Waals surface area contributed by atoms with Gasteiger partial charge in [0.2, 0.25) is 0 Å². The highest BCUT2D eigenvalue weighted by Crippen LogP contribution is 2.34. The van der Waals surface area contributed by atoms with Crippen molar-refractivity contribution < 1.29 is 9.90 Å². The number of hydrogen-bond acceptors (Lipinski definition) is 2. The van der Waals surface area contributed by atoms with Crippen LogP contribution in [0, 0.1) is 27.7 Å². The average Bonchev–Trinajstić information content (AvgIpc) is 2.48. The number of aryl methyl sites for hydroxylation is 2. The highest BCUT2D eigenvalue weighted by molar-refractivity contribution is 6.15. The Bertz CT molecular complexity index is 910. The minimum absolute atomic E-state index is 0.360. The van der Waals surface area contributed by atoms with Gasteiger partial charge in [0, 0.05) is 10.8 Å². The molecule has 3 nitrogen and oxygen atoms in total. The lowest BCUT2D eigenvalue weighted by Crippen LogP contribution is -2.05. The molecule has 0 aliphatic carbocycles. The van der Waals surface area contributed by atoms with Crippen molar-refractivity contribution in [1.82, 2.24) is 4.98 Å². The molecule has 0 saturated carbocycles. The van der Waals surface area contributed by atoms with Crippen LogP contribution in [-0.2, 0) is 0 Å². The minimum atomic E-state index is -0.899. The Balaban J connectivity index is 2.71. The lowest BCUT2D eigenvalue weighted by molar-refractivity contribution is 0.0701. The van der Waals surface area contributed by atoms with E-state index >= 15 is 0 Å². The van der Waals surface area contributed by atoms with E-state index in [2.05, 4.69) is 6.92 Å². The number of aromatic carboxylic acids is 1. The second kappa shape index (κ2) is 4.55. The summed E-state index contributed by atoms with van der Waals surface area (Å²) in [6.07, 6.45) is 0. The van der Waals surface area contributed by atoms with Crippen LogP contribution in [0.3, 0.4) is 0 Å². The highest BCUT2D eigenvalue weighted by atomic mass is 16.4. The second-order valence-electron chi connectivity index (χ2n) is 5.53. The Morgan fingerprint density at radius 1 is 0.952 bits per heavy atom. The summed E-state index contributed by atoms with van der Waals surface area (Å²) in [5.74, 6) is -0.899. The van der Waals surface area contributed by atoms with Crippen molar-refractivity contribution in [2.45, 2.75) is 27.7 Å². The van der Waals surface area contributed by atoms with Crippen LogP contribution in [0.5, 0.6) is 0 Å². The van der Waals surface area contributed by atoms with Crippen LogP contribution in [0.15, 0.2) is 24.3 Å². The van der Waals surface area contributed by atoms with Crippen LogP contribution in [-0.4, -0.2) is 16.1 Å². The molecule has 0 spiro atoms. The number of carboxylic acids is 1. The highest BCUT2D eigenvalue weighted by Gasteiger charge is 2.20. The van der Waals surface area contributed by atoms with Crippen LogP contribution in [0.25, 0.3) is 21.8 Å². The Labute approximate surface area is 123 Å². The third kappa shape index (κ3) is 1.81. The lowest BCUT2D eigenvalue weighted by Gasteiger charge is -2.16. The van der Waals surface area contributed by atoms with Gasteiger partial charge in [-0.15, -0.1) is 0 Å². The van der Waals surface area contributed by atoms with Crippen molar-refractivity contribution in [2.24, 2.45) is 0 Å². The smallest absolute Gasteiger partial charge is 0.337 e. The first kappa shape index (κ1) is 13.6. The fourth-order valence-electron chi connectivity index (χ4n) is 3.00. The number of rotatable bonds is 1. The molecule has 0 saturated heterocycles. The van der Waals surface area contributed by atoms with E-state index in [0.29, 0.717) is 10.9 Å². The molecular formula is C18H17NO2. The molecule has 21 heavy (non-hydrogen) atoms. The van der Waals surface area contributed by atoms with Crippen LogP contribution in [0.1, 0.15) is 32.6 Å². The Morgan fingerprint density at radius 3 is 2.24 bits per heavy atom. The summed E-state index contributed by atoms with van der Waals surface area (Å²) in [5, 5.41) is 11.2. The maximum atomic E-state index is 11.9. The number of fused-ring (bicyclic) bond motifs is 2. The molecule has 1 N–H and O–H groups in total. The molecule has 0 aliphatic rings. The van der Waals surface area contributed by atoms with Crippen molar-refractivity contribution in [3.05, 3.63) is 52.1 Å². The topological polar surface area (TPSA) is 50.2 Å². The first-order valence-corrected chi connectivity index (χ1v) is 6.95. The molecule has 3 heteroatoms. The predicted molar refractivity (Wildman–Crippen MR) is 85.2 cm³/mol. The maximum Gasteiger partial charge on any atom is 0.337 e. The molecule has 0 radical (unpaired) electrons. The summed E-state index contributed by atoms with van der Waals surface area (Å²) < 4.78 is 0. The molecule has 2 aromatic carbocycles. The number of carboxylic acid groups (broad SMARTS) is 1. The van der Waals surface area contributed by atoms with Gasteiger partial charge in [0.05, 0.1) is 16.6 Å². The first-order valence-electron chi connectivity index (χ1n) is 6.95. The maximum absolute atomic E-state index is 11.9. The largest absolute Gasteiger partial charge is 0.478 e. The van der Waals surface area contributed by atoms with Crippen LogP contribution in [0.2, 0.25) is 0 Å². The van der Waals surface area contributed by atoms with Crippen molar-refractivity contribution in [3.63, 3.8) is 0 Å². The van der Waals surface area contributed by atoms with Crippen molar-refractivity contribution >= 4 is 27.8 Å². The summed E-state index contributed by atoms with van der Waals surface area (Å²) in [4.78, 5) is 16.6. The van der Waals surface area contributed by atoms with Gasteiger partial charge in [-0.3, -0.25) is 0 Å². The van der Waals surface area contributed by atoms with Crippen LogP contribution < -0.4 is 0 Å². The summed E-state index contributed by atoms with van der Waals surface area (Å²) in [7, 11) is 0. The Kier molecular flexibility index (Phi) is 2.94. The van der Waals surface area contributed by atoms with E-state index in [0.717, 1.165) is 33.1 Å². The zero-order valence-electron chi connectivity index (χ0n) is 12.6. The minimum Gasteiger partial charge on any atom is -0.478 e. The van der Waals surface area contributed by atoms with Gasteiger partial charge in [-0.05, 0) is 56.0 Å². The van der Waals surface area contributed by atoms with Gasteiger partial charge in [0.15, 0.2) is 0 Å². The van der Waals surface area contributed by atoms with Gasteiger partial charge in [-0.25, -0.2) is 9.78 Å². The SMILES string of the molecule is Cc1c(C)c(C)c2c(C(=O)O)c3ccccc3nc2c1C. The molecule has 0 aliphatic heterocycles. The molecule has 0 fully saturated rings. The number of hydrogen-bond donors (Lipinski definition) is 1. The van der Waals surface area contributed by atoms with Crippen molar-refractivity contribution in [1.29, 1.82) is 0 Å². The fraction of sp³-hybridized carbons (Fsp3) is 0.222. The summed E-state index contributed by atoms with van der Waals surface area (Å²) >= 11 is 0. The van der Waals surface area contributed by atoms with Crippen LogP contribution >= 0.6 is 0 Å². The molecule has 0 amide bonds. The normalized spacial score (nSPS) is 11.2. The second-order valence-corrected chi connectivity index (χ2v) is 5.53. The summed E-state index contributed by atoms with van der Waals surface area (Å²) in [6.45, 7) is 8.09. The summed E-state index contributed by atoms with van der Waals surface area (Å²) in [5.41, 5.74) is 6.27. The zero-order chi connectivity index (χ0) is 15.3. The van der Waals surface area contributed by atoms with Crippen LogP contribution in [0.4, 0.5) is 0 Å². The molecule has 1 aromatic heterocycles. The van der Waals surface area contributed by atoms with E-state index in [4.69, 9.17) is 4.98 Å². The van der Waals surface area contributed by atoms with Gasteiger partial charge in [-0.1, -0.05) is 18.2 Å². The zero-order valence-corrected chi connectivity index (χ0v) is 12.6.